The van der Waals surface area contributed by atoms with E-state index in [0.29, 0.717) is 0 Å². The van der Waals surface area contributed by atoms with Crippen molar-refractivity contribution < 1.29 is 34.2 Å². The van der Waals surface area contributed by atoms with Gasteiger partial charge in [0.1, 0.15) is 0 Å². The number of rotatable bonds is 0. The third kappa shape index (κ3) is 3.06. The van der Waals surface area contributed by atoms with Crippen molar-refractivity contribution in [2.75, 3.05) is 0 Å². The Labute approximate surface area is 76.7 Å². The van der Waals surface area contributed by atoms with Gasteiger partial charge in [0, 0.05) is 21.1 Å². The van der Waals surface area contributed by atoms with Crippen LogP contribution in [0.5, 0.6) is 0 Å². The van der Waals surface area contributed by atoms with E-state index < -0.39 is 11.7 Å². The quantitative estimate of drug-likeness (QED) is 0.613. The van der Waals surface area contributed by atoms with E-state index >= 15 is 0 Å². The van der Waals surface area contributed by atoms with Crippen LogP contribution in [0, 0.1) is 0 Å². The number of halogens is 3. The SMILES string of the molecule is FC(F)(F)c1ccccc1.[Mo]. The Balaban J connectivity index is 0.000001000. The molecule has 0 unspecified atom stereocenters. The number of hydrogen-bond donors (Lipinski definition) is 0. The molecule has 0 aliphatic heterocycles. The Bertz CT molecular complexity index is 205. The summed E-state index contributed by atoms with van der Waals surface area (Å²) in [4.78, 5) is 0. The fourth-order valence-corrected chi connectivity index (χ4v) is 0.627. The van der Waals surface area contributed by atoms with Gasteiger partial charge in [-0.15, -0.1) is 0 Å². The molecule has 0 radical (unpaired) electrons. The molecule has 0 aromatic heterocycles. The van der Waals surface area contributed by atoms with Gasteiger partial charge in [-0.2, -0.15) is 13.2 Å². The number of alkyl halides is 3. The minimum Gasteiger partial charge on any atom is -0.166 e. The second kappa shape index (κ2) is 3.91. The van der Waals surface area contributed by atoms with E-state index in [-0.39, 0.29) is 21.1 Å². The average Bonchev–Trinajstić information content (AvgIpc) is 1.88. The van der Waals surface area contributed by atoms with Crippen LogP contribution in [0.2, 0.25) is 0 Å². The van der Waals surface area contributed by atoms with Crippen LogP contribution in [-0.2, 0) is 27.2 Å². The van der Waals surface area contributed by atoms with Crippen LogP contribution >= 0.6 is 0 Å². The van der Waals surface area contributed by atoms with E-state index in [2.05, 4.69) is 0 Å². The topological polar surface area (TPSA) is 0 Å². The van der Waals surface area contributed by atoms with Crippen LogP contribution in [0.25, 0.3) is 0 Å². The standard InChI is InChI=1S/C7H5F3.Mo/c8-7(9,10)6-4-2-1-3-5-6;/h1-5H;. The molecule has 11 heavy (non-hydrogen) atoms. The Kier molecular flexibility index (Phi) is 3.80. The maximum Gasteiger partial charge on any atom is 0.416 e. The predicted molar refractivity (Wildman–Crippen MR) is 31.4 cm³/mol. The largest absolute Gasteiger partial charge is 0.416 e. The van der Waals surface area contributed by atoms with Crippen LogP contribution < -0.4 is 0 Å². The maximum absolute atomic E-state index is 11.8. The normalized spacial score (nSPS) is 10.5. The van der Waals surface area contributed by atoms with Crippen molar-refractivity contribution in [3.05, 3.63) is 35.9 Å². The van der Waals surface area contributed by atoms with Gasteiger partial charge in [-0.1, -0.05) is 30.3 Å². The molecule has 0 fully saturated rings. The van der Waals surface area contributed by atoms with Crippen molar-refractivity contribution in [2.24, 2.45) is 0 Å². The Morgan fingerprint density at radius 2 is 1.36 bits per heavy atom. The molecular weight excluding hydrogens is 237 g/mol. The first kappa shape index (κ1) is 10.7. The van der Waals surface area contributed by atoms with Crippen molar-refractivity contribution >= 4 is 0 Å². The van der Waals surface area contributed by atoms with Gasteiger partial charge >= 0.3 is 6.18 Å². The molecule has 1 rings (SSSR count). The summed E-state index contributed by atoms with van der Waals surface area (Å²) in [5.41, 5.74) is -0.602. The van der Waals surface area contributed by atoms with Crippen LogP contribution in [0.15, 0.2) is 30.3 Å². The molecule has 0 saturated heterocycles. The zero-order chi connectivity index (χ0) is 7.61. The fourth-order valence-electron chi connectivity index (χ4n) is 0.627. The molecule has 0 nitrogen and oxygen atoms in total. The summed E-state index contributed by atoms with van der Waals surface area (Å²) < 4.78 is 35.4. The monoisotopic (exact) mass is 244 g/mol. The third-order valence-corrected chi connectivity index (χ3v) is 1.10. The molecule has 1 aromatic carbocycles. The molecule has 60 valence electrons. The van der Waals surface area contributed by atoms with Gasteiger partial charge < -0.3 is 0 Å². The van der Waals surface area contributed by atoms with Crippen molar-refractivity contribution in [3.63, 3.8) is 0 Å². The first-order valence-corrected chi connectivity index (χ1v) is 2.73. The van der Waals surface area contributed by atoms with E-state index in [1.54, 1.807) is 6.07 Å². The van der Waals surface area contributed by atoms with E-state index in [1.165, 1.54) is 12.1 Å². The summed E-state index contributed by atoms with van der Waals surface area (Å²) in [6, 6.07) is 6.36. The van der Waals surface area contributed by atoms with Crippen molar-refractivity contribution in [1.82, 2.24) is 0 Å². The summed E-state index contributed by atoms with van der Waals surface area (Å²) in [6.45, 7) is 0. The molecule has 0 heterocycles. The number of hydrogen-bond acceptors (Lipinski definition) is 0. The van der Waals surface area contributed by atoms with Gasteiger partial charge in [-0.05, 0) is 0 Å². The van der Waals surface area contributed by atoms with Gasteiger partial charge in [0.2, 0.25) is 0 Å². The van der Waals surface area contributed by atoms with E-state index in [4.69, 9.17) is 0 Å². The first-order chi connectivity index (χ1) is 4.61. The van der Waals surface area contributed by atoms with Crippen LogP contribution in [-0.4, -0.2) is 0 Å². The first-order valence-electron chi connectivity index (χ1n) is 2.73. The third-order valence-electron chi connectivity index (χ3n) is 1.10. The Morgan fingerprint density at radius 3 is 1.64 bits per heavy atom. The number of benzene rings is 1. The zero-order valence-electron chi connectivity index (χ0n) is 5.43. The molecule has 0 aliphatic carbocycles. The molecule has 0 atom stereocenters. The fraction of sp³-hybridized carbons (Fsp3) is 0.143. The molecule has 4 heteroatoms. The van der Waals surface area contributed by atoms with Gasteiger partial charge in [-0.3, -0.25) is 0 Å². The van der Waals surface area contributed by atoms with Crippen LogP contribution in [0.4, 0.5) is 13.2 Å². The summed E-state index contributed by atoms with van der Waals surface area (Å²) >= 11 is 0. The molecule has 0 N–H and O–H groups in total. The molecule has 0 spiro atoms. The predicted octanol–water partition coefficient (Wildman–Crippen LogP) is 2.70. The van der Waals surface area contributed by atoms with E-state index in [1.807, 2.05) is 0 Å². The van der Waals surface area contributed by atoms with E-state index in [9.17, 15) is 13.2 Å². The second-order valence-electron chi connectivity index (χ2n) is 1.86. The summed E-state index contributed by atoms with van der Waals surface area (Å²) in [7, 11) is 0. The van der Waals surface area contributed by atoms with Crippen molar-refractivity contribution in [1.29, 1.82) is 0 Å². The van der Waals surface area contributed by atoms with Gasteiger partial charge in [0.15, 0.2) is 0 Å². The van der Waals surface area contributed by atoms with Crippen molar-refractivity contribution in [3.8, 4) is 0 Å². The second-order valence-corrected chi connectivity index (χ2v) is 1.86. The smallest absolute Gasteiger partial charge is 0.166 e. The zero-order valence-corrected chi connectivity index (χ0v) is 7.44. The molecule has 1 aromatic rings. The molecule has 0 bridgehead atoms. The van der Waals surface area contributed by atoms with Crippen LogP contribution in [0.3, 0.4) is 0 Å². The van der Waals surface area contributed by atoms with Crippen molar-refractivity contribution in [2.45, 2.75) is 6.18 Å². The summed E-state index contributed by atoms with van der Waals surface area (Å²) in [5, 5.41) is 0. The summed E-state index contributed by atoms with van der Waals surface area (Å²) in [5.74, 6) is 0. The Morgan fingerprint density at radius 1 is 0.909 bits per heavy atom. The Hall–Kier alpha value is -0.302. The van der Waals surface area contributed by atoms with Gasteiger partial charge in [0.25, 0.3) is 0 Å². The van der Waals surface area contributed by atoms with Gasteiger partial charge in [0.05, 0.1) is 5.56 Å². The van der Waals surface area contributed by atoms with Gasteiger partial charge in [-0.25, -0.2) is 0 Å². The summed E-state index contributed by atoms with van der Waals surface area (Å²) in [6.07, 6.45) is -4.21. The maximum atomic E-state index is 11.8. The minimum atomic E-state index is -4.21. The molecular formula is C7H5F3Mo. The molecule has 0 saturated carbocycles. The molecule has 0 aliphatic rings. The minimum absolute atomic E-state index is 0. The van der Waals surface area contributed by atoms with Crippen LogP contribution in [0.1, 0.15) is 5.56 Å². The average molecular weight is 242 g/mol. The van der Waals surface area contributed by atoms with E-state index in [0.717, 1.165) is 12.1 Å². The molecule has 0 amide bonds.